The first-order valence-corrected chi connectivity index (χ1v) is 6.48. The number of hydrogen-bond acceptors (Lipinski definition) is 3. The third kappa shape index (κ3) is 13.9. The summed E-state index contributed by atoms with van der Waals surface area (Å²) < 4.78 is 11.0. The summed E-state index contributed by atoms with van der Waals surface area (Å²) in [5.74, 6) is 0. The van der Waals surface area contributed by atoms with Crippen molar-refractivity contribution in [3.8, 4) is 0 Å². The van der Waals surface area contributed by atoms with E-state index in [1.165, 1.54) is 19.3 Å². The second-order valence-electron chi connectivity index (χ2n) is 5.03. The summed E-state index contributed by atoms with van der Waals surface area (Å²) in [5.41, 5.74) is -0.0538. The first-order chi connectivity index (χ1) is 7.56. The molecule has 16 heavy (non-hydrogen) atoms. The molecule has 0 aromatic rings. The normalized spacial score (nSPS) is 12.0. The first-order valence-electron chi connectivity index (χ1n) is 6.48. The van der Waals surface area contributed by atoms with Gasteiger partial charge in [0.15, 0.2) is 0 Å². The van der Waals surface area contributed by atoms with E-state index < -0.39 is 0 Å². The Balaban J connectivity index is 2.99. The highest BCUT2D eigenvalue weighted by atomic mass is 16.5. The summed E-state index contributed by atoms with van der Waals surface area (Å²) >= 11 is 0. The average molecular weight is 231 g/mol. The van der Waals surface area contributed by atoms with Gasteiger partial charge in [-0.25, -0.2) is 0 Å². The molecule has 3 nitrogen and oxygen atoms in total. The van der Waals surface area contributed by atoms with Crippen LogP contribution in [0.3, 0.4) is 0 Å². The third-order valence-corrected chi connectivity index (χ3v) is 2.14. The highest BCUT2D eigenvalue weighted by Crippen LogP contribution is 2.05. The molecule has 0 atom stereocenters. The Bertz CT molecular complexity index is 143. The fourth-order valence-corrected chi connectivity index (χ4v) is 1.28. The monoisotopic (exact) mass is 231 g/mol. The molecule has 0 aliphatic carbocycles. The molecule has 0 rings (SSSR count). The molecule has 0 amide bonds. The van der Waals surface area contributed by atoms with Gasteiger partial charge in [0.1, 0.15) is 0 Å². The summed E-state index contributed by atoms with van der Waals surface area (Å²) in [7, 11) is 0. The van der Waals surface area contributed by atoms with Gasteiger partial charge in [-0.3, -0.25) is 0 Å². The van der Waals surface area contributed by atoms with Gasteiger partial charge in [0.25, 0.3) is 0 Å². The maximum atomic E-state index is 5.54. The minimum Gasteiger partial charge on any atom is -0.378 e. The maximum absolute atomic E-state index is 5.54. The van der Waals surface area contributed by atoms with Crippen molar-refractivity contribution in [2.45, 2.75) is 52.6 Å². The van der Waals surface area contributed by atoms with Crippen LogP contribution < -0.4 is 5.32 Å². The van der Waals surface area contributed by atoms with Crippen molar-refractivity contribution < 1.29 is 9.47 Å². The molecule has 0 aliphatic rings. The number of nitrogens with one attached hydrogen (secondary N) is 1. The van der Waals surface area contributed by atoms with E-state index in [4.69, 9.17) is 9.47 Å². The Morgan fingerprint density at radius 1 is 0.938 bits per heavy atom. The lowest BCUT2D eigenvalue weighted by Crippen LogP contribution is -2.24. The highest BCUT2D eigenvalue weighted by Gasteiger charge is 2.08. The van der Waals surface area contributed by atoms with Crippen LogP contribution in [-0.2, 0) is 9.47 Å². The smallest absolute Gasteiger partial charge is 0.0707 e. The standard InChI is InChI=1S/C13H29NO2/c1-5-6-7-8-14-9-10-15-11-12-16-13(2,3)4/h14H,5-12H2,1-4H3. The van der Waals surface area contributed by atoms with Crippen LogP contribution in [0, 0.1) is 0 Å². The van der Waals surface area contributed by atoms with Crippen LogP contribution in [0.25, 0.3) is 0 Å². The summed E-state index contributed by atoms with van der Waals surface area (Å²) in [6.45, 7) is 12.6. The molecule has 0 saturated carbocycles. The Hall–Kier alpha value is -0.120. The van der Waals surface area contributed by atoms with E-state index in [0.717, 1.165) is 19.7 Å². The van der Waals surface area contributed by atoms with E-state index in [0.29, 0.717) is 13.2 Å². The molecule has 0 spiro atoms. The Morgan fingerprint density at radius 3 is 2.31 bits per heavy atom. The van der Waals surface area contributed by atoms with E-state index in [1.54, 1.807) is 0 Å². The van der Waals surface area contributed by atoms with E-state index >= 15 is 0 Å². The fourth-order valence-electron chi connectivity index (χ4n) is 1.28. The van der Waals surface area contributed by atoms with Crippen molar-refractivity contribution in [3.63, 3.8) is 0 Å². The zero-order valence-corrected chi connectivity index (χ0v) is 11.5. The van der Waals surface area contributed by atoms with Crippen LogP contribution in [0.1, 0.15) is 47.0 Å². The lowest BCUT2D eigenvalue weighted by atomic mass is 10.2. The van der Waals surface area contributed by atoms with Crippen molar-refractivity contribution in [1.29, 1.82) is 0 Å². The van der Waals surface area contributed by atoms with Crippen LogP contribution in [0.4, 0.5) is 0 Å². The van der Waals surface area contributed by atoms with E-state index in [2.05, 4.69) is 33.0 Å². The molecule has 98 valence electrons. The van der Waals surface area contributed by atoms with Gasteiger partial charge in [-0.2, -0.15) is 0 Å². The lowest BCUT2D eigenvalue weighted by Gasteiger charge is -2.19. The summed E-state index contributed by atoms with van der Waals surface area (Å²) in [6, 6.07) is 0. The molecule has 0 aliphatic heterocycles. The van der Waals surface area contributed by atoms with Crippen molar-refractivity contribution >= 4 is 0 Å². The topological polar surface area (TPSA) is 30.5 Å². The Kier molecular flexibility index (Phi) is 9.99. The van der Waals surface area contributed by atoms with Gasteiger partial charge in [0.2, 0.25) is 0 Å². The molecule has 0 saturated heterocycles. The quantitative estimate of drug-likeness (QED) is 0.586. The second-order valence-corrected chi connectivity index (χ2v) is 5.03. The van der Waals surface area contributed by atoms with Gasteiger partial charge in [-0.05, 0) is 33.7 Å². The van der Waals surface area contributed by atoms with Gasteiger partial charge in [0.05, 0.1) is 25.4 Å². The SMILES string of the molecule is CCCCCNCCOCCOC(C)(C)C. The van der Waals surface area contributed by atoms with Crippen molar-refractivity contribution in [3.05, 3.63) is 0 Å². The molecule has 3 heteroatoms. The van der Waals surface area contributed by atoms with Crippen LogP contribution in [0.15, 0.2) is 0 Å². The highest BCUT2D eigenvalue weighted by molar-refractivity contribution is 4.57. The Morgan fingerprint density at radius 2 is 1.69 bits per heavy atom. The van der Waals surface area contributed by atoms with E-state index in [9.17, 15) is 0 Å². The molecule has 0 radical (unpaired) electrons. The molecular weight excluding hydrogens is 202 g/mol. The first kappa shape index (κ1) is 15.9. The summed E-state index contributed by atoms with van der Waals surface area (Å²) in [4.78, 5) is 0. The summed E-state index contributed by atoms with van der Waals surface area (Å²) in [6.07, 6.45) is 3.86. The van der Waals surface area contributed by atoms with Crippen molar-refractivity contribution in [2.75, 3.05) is 32.9 Å². The van der Waals surface area contributed by atoms with Crippen LogP contribution >= 0.6 is 0 Å². The second kappa shape index (κ2) is 10.1. The Labute approximate surface area is 101 Å². The van der Waals surface area contributed by atoms with E-state index in [-0.39, 0.29) is 5.60 Å². The largest absolute Gasteiger partial charge is 0.378 e. The molecule has 1 N–H and O–H groups in total. The van der Waals surface area contributed by atoms with Gasteiger partial charge in [0, 0.05) is 6.54 Å². The van der Waals surface area contributed by atoms with Gasteiger partial charge < -0.3 is 14.8 Å². The van der Waals surface area contributed by atoms with Crippen molar-refractivity contribution in [1.82, 2.24) is 5.32 Å². The van der Waals surface area contributed by atoms with Crippen molar-refractivity contribution in [2.24, 2.45) is 0 Å². The number of unbranched alkanes of at least 4 members (excludes halogenated alkanes) is 2. The molecule has 0 aromatic heterocycles. The van der Waals surface area contributed by atoms with Gasteiger partial charge in [-0.15, -0.1) is 0 Å². The molecule has 0 aromatic carbocycles. The number of hydrogen-bond donors (Lipinski definition) is 1. The van der Waals surface area contributed by atoms with Gasteiger partial charge in [-0.1, -0.05) is 19.8 Å². The third-order valence-electron chi connectivity index (χ3n) is 2.14. The molecular formula is C13H29NO2. The average Bonchev–Trinajstić information content (AvgIpc) is 2.19. The molecule has 0 unspecified atom stereocenters. The molecule has 0 bridgehead atoms. The minimum atomic E-state index is -0.0538. The molecule has 0 fully saturated rings. The van der Waals surface area contributed by atoms with E-state index in [1.807, 2.05) is 0 Å². The number of rotatable bonds is 10. The predicted molar refractivity (Wildman–Crippen MR) is 68.9 cm³/mol. The zero-order chi connectivity index (χ0) is 12.3. The molecule has 0 heterocycles. The van der Waals surface area contributed by atoms with Gasteiger partial charge >= 0.3 is 0 Å². The van der Waals surface area contributed by atoms with Crippen LogP contribution in [0.5, 0.6) is 0 Å². The van der Waals surface area contributed by atoms with Crippen LogP contribution in [0.2, 0.25) is 0 Å². The van der Waals surface area contributed by atoms with Crippen LogP contribution in [-0.4, -0.2) is 38.5 Å². The summed E-state index contributed by atoms with van der Waals surface area (Å²) in [5, 5.41) is 3.36. The minimum absolute atomic E-state index is 0.0538. The fraction of sp³-hybridized carbons (Fsp3) is 1.00. The number of ether oxygens (including phenoxy) is 2. The zero-order valence-electron chi connectivity index (χ0n) is 11.5. The predicted octanol–water partition coefficient (Wildman–Crippen LogP) is 2.60. The lowest BCUT2D eigenvalue weighted by molar-refractivity contribution is -0.0343. The maximum Gasteiger partial charge on any atom is 0.0707 e.